The van der Waals surface area contributed by atoms with Gasteiger partial charge < -0.3 is 5.32 Å². The Bertz CT molecular complexity index is 459. The molecule has 1 unspecified atom stereocenters. The molecule has 0 saturated carbocycles. The molecular weight excluding hydrogens is 258 g/mol. The molecule has 0 saturated heterocycles. The predicted molar refractivity (Wildman–Crippen MR) is 65.9 cm³/mol. The topological polar surface area (TPSA) is 12.0 Å². The van der Waals surface area contributed by atoms with E-state index in [0.29, 0.717) is 6.54 Å². The number of nitrogens with one attached hydrogen (secondary N) is 1. The highest BCUT2D eigenvalue weighted by molar-refractivity contribution is 5.30. The largest absolute Gasteiger partial charge is 0.416 e. The summed E-state index contributed by atoms with van der Waals surface area (Å²) in [7, 11) is 0. The molecule has 1 rings (SSSR count). The highest BCUT2D eigenvalue weighted by Gasteiger charge is 2.31. The van der Waals surface area contributed by atoms with Crippen LogP contribution in [0.2, 0.25) is 0 Å². The van der Waals surface area contributed by atoms with Crippen molar-refractivity contribution in [1.29, 1.82) is 0 Å². The number of hydrogen-bond acceptors (Lipinski definition) is 1. The van der Waals surface area contributed by atoms with Crippen molar-refractivity contribution in [3.63, 3.8) is 0 Å². The average molecular weight is 273 g/mol. The zero-order valence-corrected chi connectivity index (χ0v) is 10.5. The number of hydrogen-bond donors (Lipinski definition) is 1. The van der Waals surface area contributed by atoms with Crippen LogP contribution < -0.4 is 5.32 Å². The highest BCUT2D eigenvalue weighted by Crippen LogP contribution is 2.32. The van der Waals surface area contributed by atoms with Crippen molar-refractivity contribution in [2.45, 2.75) is 32.0 Å². The molecule has 0 fully saturated rings. The maximum atomic E-state index is 13.7. The average Bonchev–Trinajstić information content (AvgIpc) is 2.34. The molecule has 0 aromatic heterocycles. The second-order valence-electron chi connectivity index (χ2n) is 4.15. The van der Waals surface area contributed by atoms with E-state index in [4.69, 9.17) is 6.42 Å². The van der Waals surface area contributed by atoms with E-state index in [9.17, 15) is 17.6 Å². The Morgan fingerprint density at radius 2 is 2.05 bits per heavy atom. The molecule has 1 aromatic rings. The van der Waals surface area contributed by atoms with E-state index in [1.54, 1.807) is 0 Å². The van der Waals surface area contributed by atoms with Crippen molar-refractivity contribution in [2.75, 3.05) is 6.54 Å². The summed E-state index contributed by atoms with van der Waals surface area (Å²) in [5.74, 6) is 1.67. The maximum absolute atomic E-state index is 13.7. The Kier molecular flexibility index (Phi) is 5.37. The molecule has 0 amide bonds. The van der Waals surface area contributed by atoms with Crippen LogP contribution >= 0.6 is 0 Å². The van der Waals surface area contributed by atoms with Crippen LogP contribution in [-0.2, 0) is 6.18 Å². The second kappa shape index (κ2) is 6.58. The van der Waals surface area contributed by atoms with Gasteiger partial charge in [-0.15, -0.1) is 12.3 Å². The van der Waals surface area contributed by atoms with Crippen LogP contribution in [0.3, 0.4) is 0 Å². The normalized spacial score (nSPS) is 13.1. The van der Waals surface area contributed by atoms with E-state index in [1.807, 2.05) is 6.92 Å². The van der Waals surface area contributed by atoms with Gasteiger partial charge in [0.2, 0.25) is 0 Å². The minimum atomic E-state index is -4.49. The fraction of sp³-hybridized carbons (Fsp3) is 0.429. The van der Waals surface area contributed by atoms with Crippen molar-refractivity contribution in [1.82, 2.24) is 5.32 Å². The van der Waals surface area contributed by atoms with E-state index in [1.165, 1.54) is 0 Å². The fourth-order valence-electron chi connectivity index (χ4n) is 1.72. The highest BCUT2D eigenvalue weighted by atomic mass is 19.4. The molecule has 0 aliphatic rings. The number of benzene rings is 1. The minimum Gasteiger partial charge on any atom is -0.309 e. The molecule has 0 bridgehead atoms. The van der Waals surface area contributed by atoms with Crippen LogP contribution in [0.25, 0.3) is 0 Å². The number of terminal acetylenes is 1. The Balaban J connectivity index is 3.11. The van der Waals surface area contributed by atoms with Crippen LogP contribution in [0.4, 0.5) is 17.6 Å². The van der Waals surface area contributed by atoms with Gasteiger partial charge in [0.15, 0.2) is 0 Å². The standard InChI is InChI=1S/C14H15F4N/c1-3-5-13(19-8-4-2)11-9-10(14(16,17)18)6-7-12(11)15/h1,6-7,9,13,19H,4-5,8H2,2H3. The van der Waals surface area contributed by atoms with Crippen molar-refractivity contribution >= 4 is 0 Å². The van der Waals surface area contributed by atoms with Crippen molar-refractivity contribution < 1.29 is 17.6 Å². The lowest BCUT2D eigenvalue weighted by Gasteiger charge is -2.18. The zero-order valence-electron chi connectivity index (χ0n) is 10.5. The molecule has 1 N–H and O–H groups in total. The summed E-state index contributed by atoms with van der Waals surface area (Å²) in [6.45, 7) is 2.46. The van der Waals surface area contributed by atoms with E-state index in [2.05, 4.69) is 11.2 Å². The third-order valence-corrected chi connectivity index (χ3v) is 2.66. The van der Waals surface area contributed by atoms with Gasteiger partial charge in [-0.05, 0) is 31.2 Å². The van der Waals surface area contributed by atoms with Gasteiger partial charge in [0.1, 0.15) is 5.82 Å². The summed E-state index contributed by atoms with van der Waals surface area (Å²) in [4.78, 5) is 0. The molecule has 5 heteroatoms. The molecule has 104 valence electrons. The van der Waals surface area contributed by atoms with Crippen LogP contribution in [0, 0.1) is 18.2 Å². The van der Waals surface area contributed by atoms with Crippen LogP contribution in [0.1, 0.15) is 36.9 Å². The second-order valence-corrected chi connectivity index (χ2v) is 4.15. The van der Waals surface area contributed by atoms with Gasteiger partial charge in [0, 0.05) is 18.0 Å². The lowest BCUT2D eigenvalue weighted by Crippen LogP contribution is -2.23. The third-order valence-electron chi connectivity index (χ3n) is 2.66. The first-order chi connectivity index (χ1) is 8.90. The van der Waals surface area contributed by atoms with Gasteiger partial charge >= 0.3 is 6.18 Å². The van der Waals surface area contributed by atoms with Gasteiger partial charge in [-0.3, -0.25) is 0 Å². The molecule has 0 aliphatic carbocycles. The lowest BCUT2D eigenvalue weighted by molar-refractivity contribution is -0.137. The third kappa shape index (κ3) is 4.25. The van der Waals surface area contributed by atoms with Gasteiger partial charge in [-0.25, -0.2) is 4.39 Å². The smallest absolute Gasteiger partial charge is 0.309 e. The van der Waals surface area contributed by atoms with Gasteiger partial charge in [-0.2, -0.15) is 13.2 Å². The maximum Gasteiger partial charge on any atom is 0.416 e. The van der Waals surface area contributed by atoms with Crippen LogP contribution in [0.5, 0.6) is 0 Å². The predicted octanol–water partition coefficient (Wildman–Crippen LogP) is 3.91. The molecule has 1 atom stereocenters. The minimum absolute atomic E-state index is 0.0405. The summed E-state index contributed by atoms with van der Waals surface area (Å²) >= 11 is 0. The fourth-order valence-corrected chi connectivity index (χ4v) is 1.72. The summed E-state index contributed by atoms with van der Waals surface area (Å²) in [5, 5.41) is 2.96. The molecule has 1 aromatic carbocycles. The summed E-state index contributed by atoms with van der Waals surface area (Å²) < 4.78 is 51.5. The molecule has 19 heavy (non-hydrogen) atoms. The number of alkyl halides is 3. The van der Waals surface area contributed by atoms with E-state index >= 15 is 0 Å². The van der Waals surface area contributed by atoms with E-state index in [0.717, 1.165) is 24.6 Å². The Labute approximate surface area is 110 Å². The zero-order chi connectivity index (χ0) is 14.5. The lowest BCUT2D eigenvalue weighted by atomic mass is 10.0. The molecule has 0 spiro atoms. The SMILES string of the molecule is C#CCC(NCCC)c1cc(C(F)(F)F)ccc1F. The number of rotatable bonds is 5. The molecule has 0 radical (unpaired) electrons. The quantitative estimate of drug-likeness (QED) is 0.633. The monoisotopic (exact) mass is 273 g/mol. The van der Waals surface area contributed by atoms with Gasteiger partial charge in [0.25, 0.3) is 0 Å². The summed E-state index contributed by atoms with van der Waals surface area (Å²) in [6.07, 6.45) is 1.60. The first-order valence-electron chi connectivity index (χ1n) is 5.93. The summed E-state index contributed by atoms with van der Waals surface area (Å²) in [6, 6.07) is 1.77. The van der Waals surface area contributed by atoms with Crippen molar-refractivity contribution in [3.05, 3.63) is 35.1 Å². The van der Waals surface area contributed by atoms with Crippen molar-refractivity contribution in [3.8, 4) is 12.3 Å². The van der Waals surface area contributed by atoms with Crippen LogP contribution in [-0.4, -0.2) is 6.54 Å². The Hall–Kier alpha value is -1.54. The molecule has 0 heterocycles. The number of halogens is 4. The Morgan fingerprint density at radius 3 is 2.58 bits per heavy atom. The summed E-state index contributed by atoms with van der Waals surface area (Å²) in [5.41, 5.74) is -0.912. The van der Waals surface area contributed by atoms with Crippen LogP contribution in [0.15, 0.2) is 18.2 Å². The van der Waals surface area contributed by atoms with E-state index < -0.39 is 23.6 Å². The molecule has 0 aliphatic heterocycles. The first kappa shape index (κ1) is 15.5. The molecular formula is C14H15F4N. The first-order valence-corrected chi connectivity index (χ1v) is 5.93. The van der Waals surface area contributed by atoms with Gasteiger partial charge in [0.05, 0.1) is 5.56 Å². The van der Waals surface area contributed by atoms with E-state index in [-0.39, 0.29) is 12.0 Å². The van der Waals surface area contributed by atoms with Crippen molar-refractivity contribution in [2.24, 2.45) is 0 Å². The molecule has 1 nitrogen and oxygen atoms in total. The van der Waals surface area contributed by atoms with Gasteiger partial charge in [-0.1, -0.05) is 6.92 Å². The Morgan fingerprint density at radius 1 is 1.37 bits per heavy atom.